The van der Waals surface area contributed by atoms with Crippen molar-refractivity contribution >= 4 is 28.4 Å². The van der Waals surface area contributed by atoms with Gasteiger partial charge in [-0.05, 0) is 24.6 Å². The number of nitrogens with one attached hydrogen (secondary N) is 1. The van der Waals surface area contributed by atoms with Crippen molar-refractivity contribution in [1.82, 2.24) is 19.9 Å². The highest BCUT2D eigenvalue weighted by molar-refractivity contribution is 5.87. The van der Waals surface area contributed by atoms with Gasteiger partial charge in [0.2, 0.25) is 11.6 Å². The van der Waals surface area contributed by atoms with Gasteiger partial charge in [0.05, 0.1) is 19.1 Å². The number of pyridine rings is 1. The zero-order chi connectivity index (χ0) is 18.1. The van der Waals surface area contributed by atoms with Gasteiger partial charge < -0.3 is 19.5 Å². The Morgan fingerprint density at radius 3 is 3.04 bits per heavy atom. The van der Waals surface area contributed by atoms with Crippen LogP contribution in [0, 0.1) is 6.57 Å². The number of rotatable bonds is 4. The maximum Gasteiger partial charge on any atom is 0.247 e. The molecule has 26 heavy (non-hydrogen) atoms. The molecule has 0 saturated carbocycles. The lowest BCUT2D eigenvalue weighted by Gasteiger charge is -2.26. The third-order valence-electron chi connectivity index (χ3n) is 4.84. The summed E-state index contributed by atoms with van der Waals surface area (Å²) in [4.78, 5) is 24.2. The summed E-state index contributed by atoms with van der Waals surface area (Å²) >= 11 is 0. The third kappa shape index (κ3) is 2.67. The van der Waals surface area contributed by atoms with Gasteiger partial charge in [0, 0.05) is 32.4 Å². The highest BCUT2D eigenvalue weighted by Gasteiger charge is 2.28. The molecule has 0 unspecified atom stereocenters. The summed E-state index contributed by atoms with van der Waals surface area (Å²) in [6.07, 6.45) is 4.49. The van der Waals surface area contributed by atoms with Crippen molar-refractivity contribution < 1.29 is 4.74 Å². The Morgan fingerprint density at radius 1 is 1.35 bits per heavy atom. The van der Waals surface area contributed by atoms with E-state index in [0.717, 1.165) is 42.2 Å². The van der Waals surface area contributed by atoms with Gasteiger partial charge in [0.15, 0.2) is 0 Å². The average Bonchev–Trinajstić information content (AvgIpc) is 3.36. The van der Waals surface area contributed by atoms with Crippen LogP contribution in [-0.2, 0) is 0 Å². The number of likely N-dealkylation sites (N-methyl/N-ethyl adjacent to an activating group) is 1. The lowest BCUT2D eigenvalue weighted by molar-refractivity contribution is 0.400. The highest BCUT2D eigenvalue weighted by Crippen LogP contribution is 2.31. The molecule has 3 aromatic rings. The average molecular weight is 349 g/mol. The lowest BCUT2D eigenvalue weighted by atomic mass is 10.2. The number of aromatic amines is 1. The summed E-state index contributed by atoms with van der Waals surface area (Å²) in [6, 6.07) is 5.94. The SMILES string of the molecule is [C-]#[N+]c1ccc(N(C)[C@@H]2CCN(c3ncnc4[nH]ccc34)C2)nc1OC. The molecular weight excluding hydrogens is 330 g/mol. The van der Waals surface area contributed by atoms with Crippen molar-refractivity contribution in [2.24, 2.45) is 0 Å². The zero-order valence-corrected chi connectivity index (χ0v) is 14.7. The number of methoxy groups -OCH3 is 1. The van der Waals surface area contributed by atoms with E-state index >= 15 is 0 Å². The number of anilines is 2. The molecule has 1 saturated heterocycles. The van der Waals surface area contributed by atoms with E-state index in [0.29, 0.717) is 17.6 Å². The predicted molar refractivity (Wildman–Crippen MR) is 100.0 cm³/mol. The summed E-state index contributed by atoms with van der Waals surface area (Å²) in [7, 11) is 3.56. The molecular formula is C18H19N7O. The van der Waals surface area contributed by atoms with Crippen LogP contribution in [0.5, 0.6) is 5.88 Å². The number of hydrogen-bond donors (Lipinski definition) is 1. The Morgan fingerprint density at radius 2 is 2.23 bits per heavy atom. The van der Waals surface area contributed by atoms with Crippen molar-refractivity contribution in [2.75, 3.05) is 37.0 Å². The minimum Gasteiger partial charge on any atom is -0.490 e. The van der Waals surface area contributed by atoms with Gasteiger partial charge in [-0.2, -0.15) is 0 Å². The van der Waals surface area contributed by atoms with Crippen LogP contribution in [0.2, 0.25) is 0 Å². The molecule has 0 amide bonds. The minimum absolute atomic E-state index is 0.301. The van der Waals surface area contributed by atoms with Gasteiger partial charge in [-0.1, -0.05) is 0 Å². The van der Waals surface area contributed by atoms with Gasteiger partial charge in [-0.15, -0.1) is 0 Å². The van der Waals surface area contributed by atoms with E-state index in [1.54, 1.807) is 12.4 Å². The largest absolute Gasteiger partial charge is 0.490 e. The molecule has 0 aliphatic carbocycles. The number of aromatic nitrogens is 4. The van der Waals surface area contributed by atoms with E-state index in [4.69, 9.17) is 11.3 Å². The first-order chi connectivity index (χ1) is 12.7. The molecule has 1 aliphatic heterocycles. The van der Waals surface area contributed by atoms with Crippen LogP contribution in [0.25, 0.3) is 15.9 Å². The van der Waals surface area contributed by atoms with Crippen molar-refractivity contribution in [2.45, 2.75) is 12.5 Å². The molecule has 1 aliphatic rings. The number of H-pyrrole nitrogens is 1. The van der Waals surface area contributed by atoms with E-state index in [1.165, 1.54) is 7.11 Å². The highest BCUT2D eigenvalue weighted by atomic mass is 16.5. The van der Waals surface area contributed by atoms with Crippen LogP contribution in [0.15, 0.2) is 30.7 Å². The fourth-order valence-electron chi connectivity index (χ4n) is 3.40. The molecule has 0 aromatic carbocycles. The van der Waals surface area contributed by atoms with E-state index in [1.807, 2.05) is 25.4 Å². The maximum absolute atomic E-state index is 7.18. The molecule has 0 radical (unpaired) electrons. The van der Waals surface area contributed by atoms with E-state index < -0.39 is 0 Å². The Bertz CT molecular complexity index is 977. The molecule has 1 atom stereocenters. The van der Waals surface area contributed by atoms with Crippen molar-refractivity contribution in [3.05, 3.63) is 42.1 Å². The molecule has 8 heteroatoms. The summed E-state index contributed by atoms with van der Waals surface area (Å²) in [5.41, 5.74) is 1.28. The second-order valence-electron chi connectivity index (χ2n) is 6.25. The summed E-state index contributed by atoms with van der Waals surface area (Å²) in [5, 5.41) is 1.04. The van der Waals surface area contributed by atoms with Gasteiger partial charge >= 0.3 is 0 Å². The Balaban J connectivity index is 1.55. The second-order valence-corrected chi connectivity index (χ2v) is 6.25. The first kappa shape index (κ1) is 16.1. The van der Waals surface area contributed by atoms with Gasteiger partial charge in [-0.3, -0.25) is 0 Å². The molecule has 3 aromatic heterocycles. The first-order valence-corrected chi connectivity index (χ1v) is 8.39. The summed E-state index contributed by atoms with van der Waals surface area (Å²) in [5.74, 6) is 2.13. The van der Waals surface area contributed by atoms with Crippen LogP contribution in [0.4, 0.5) is 17.3 Å². The molecule has 4 heterocycles. The topological polar surface area (TPSA) is 74.5 Å². The van der Waals surface area contributed by atoms with Gasteiger partial charge in [0.25, 0.3) is 0 Å². The Labute approximate surface area is 151 Å². The van der Waals surface area contributed by atoms with Crippen LogP contribution in [-0.4, -0.2) is 53.2 Å². The van der Waals surface area contributed by atoms with Crippen molar-refractivity contribution in [1.29, 1.82) is 0 Å². The first-order valence-electron chi connectivity index (χ1n) is 8.39. The standard InChI is InChI=1S/C18H19N7O/c1-19-14-4-5-15(23-18(14)26-3)24(2)12-7-9-25(10-12)17-13-6-8-20-16(13)21-11-22-17/h4-6,8,11-12H,7,9-10H2,2-3H3,(H,20,21,22)/t12-/m1/s1. The molecule has 1 N–H and O–H groups in total. The maximum atomic E-state index is 7.18. The quantitative estimate of drug-likeness (QED) is 0.730. The fourth-order valence-corrected chi connectivity index (χ4v) is 3.40. The molecule has 8 nitrogen and oxygen atoms in total. The number of fused-ring (bicyclic) bond motifs is 1. The van der Waals surface area contributed by atoms with Crippen LogP contribution >= 0.6 is 0 Å². The summed E-state index contributed by atoms with van der Waals surface area (Å²) < 4.78 is 5.24. The fraction of sp³-hybridized carbons (Fsp3) is 0.333. The normalized spacial score (nSPS) is 16.7. The zero-order valence-electron chi connectivity index (χ0n) is 14.7. The molecule has 0 bridgehead atoms. The Kier molecular flexibility index (Phi) is 4.05. The number of ether oxygens (including phenoxy) is 1. The predicted octanol–water partition coefficient (Wildman–Crippen LogP) is 2.63. The van der Waals surface area contributed by atoms with E-state index in [-0.39, 0.29) is 0 Å². The summed E-state index contributed by atoms with van der Waals surface area (Å²) in [6.45, 7) is 8.95. The van der Waals surface area contributed by atoms with Gasteiger partial charge in [0.1, 0.15) is 23.6 Å². The smallest absolute Gasteiger partial charge is 0.247 e. The van der Waals surface area contributed by atoms with E-state index in [2.05, 4.69) is 34.6 Å². The lowest BCUT2D eigenvalue weighted by Crippen LogP contribution is -2.35. The van der Waals surface area contributed by atoms with Gasteiger partial charge in [-0.25, -0.2) is 19.8 Å². The van der Waals surface area contributed by atoms with Crippen molar-refractivity contribution in [3.63, 3.8) is 0 Å². The number of nitrogens with zero attached hydrogens (tertiary/aromatic N) is 6. The molecule has 4 rings (SSSR count). The molecule has 0 spiro atoms. The third-order valence-corrected chi connectivity index (χ3v) is 4.84. The molecule has 1 fully saturated rings. The van der Waals surface area contributed by atoms with Crippen LogP contribution in [0.1, 0.15) is 6.42 Å². The minimum atomic E-state index is 0.301. The molecule has 132 valence electrons. The van der Waals surface area contributed by atoms with Crippen LogP contribution < -0.4 is 14.5 Å². The number of hydrogen-bond acceptors (Lipinski definition) is 6. The van der Waals surface area contributed by atoms with Crippen LogP contribution in [0.3, 0.4) is 0 Å². The second kappa shape index (κ2) is 6.52. The van der Waals surface area contributed by atoms with E-state index in [9.17, 15) is 0 Å². The Hall–Kier alpha value is -3.34. The van der Waals surface area contributed by atoms with Crippen molar-refractivity contribution in [3.8, 4) is 5.88 Å². The monoisotopic (exact) mass is 349 g/mol.